The fourth-order valence-electron chi connectivity index (χ4n) is 3.06. The van der Waals surface area contributed by atoms with Crippen molar-refractivity contribution in [1.29, 1.82) is 0 Å². The van der Waals surface area contributed by atoms with E-state index in [9.17, 15) is 9.59 Å². The van der Waals surface area contributed by atoms with Crippen LogP contribution < -0.4 is 10.6 Å². The van der Waals surface area contributed by atoms with Crippen LogP contribution in [0.2, 0.25) is 0 Å². The number of nitrogens with zero attached hydrogens (tertiary/aromatic N) is 1. The van der Waals surface area contributed by atoms with Crippen molar-refractivity contribution < 1.29 is 9.59 Å². The lowest BCUT2D eigenvalue weighted by Gasteiger charge is -2.08. The van der Waals surface area contributed by atoms with Crippen LogP contribution in [-0.4, -0.2) is 23.3 Å². The molecular formula is C23H23N3O2S. The standard InChI is InChI=1S/C23H23N3O2S/c1-15-25-21(14-29-15)17-4-2-16(3-5-17)12-13-24-22(27)18-8-10-20(11-9-18)26-23(28)19-6-7-19/h2-5,8-11,14,19H,6-7,12-13H2,1H3,(H,24,27)(H,26,28). The summed E-state index contributed by atoms with van der Waals surface area (Å²) in [6.07, 6.45) is 2.71. The Balaban J connectivity index is 1.25. The number of hydrogen-bond acceptors (Lipinski definition) is 4. The van der Waals surface area contributed by atoms with Gasteiger partial charge in [0.25, 0.3) is 5.91 Å². The molecule has 1 aliphatic carbocycles. The van der Waals surface area contributed by atoms with Gasteiger partial charge >= 0.3 is 0 Å². The van der Waals surface area contributed by atoms with Crippen LogP contribution in [0, 0.1) is 12.8 Å². The lowest BCUT2D eigenvalue weighted by atomic mass is 10.1. The third kappa shape index (κ3) is 5.09. The molecule has 0 unspecified atom stereocenters. The molecule has 6 heteroatoms. The molecule has 3 aromatic rings. The topological polar surface area (TPSA) is 71.1 Å². The predicted molar refractivity (Wildman–Crippen MR) is 116 cm³/mol. The van der Waals surface area contributed by atoms with Crippen LogP contribution in [0.5, 0.6) is 0 Å². The molecule has 0 radical (unpaired) electrons. The van der Waals surface area contributed by atoms with Gasteiger partial charge in [0.15, 0.2) is 0 Å². The first-order chi connectivity index (χ1) is 14.1. The largest absolute Gasteiger partial charge is 0.352 e. The Kier molecular flexibility index (Phi) is 5.71. The molecule has 4 rings (SSSR count). The lowest BCUT2D eigenvalue weighted by molar-refractivity contribution is -0.117. The number of aryl methyl sites for hydroxylation is 1. The number of carbonyl (C=O) groups excluding carboxylic acids is 2. The number of carbonyl (C=O) groups is 2. The van der Waals surface area contributed by atoms with E-state index in [-0.39, 0.29) is 17.7 Å². The van der Waals surface area contributed by atoms with Crippen molar-refractivity contribution in [2.24, 2.45) is 5.92 Å². The fraction of sp³-hybridized carbons (Fsp3) is 0.261. The first-order valence-corrected chi connectivity index (χ1v) is 10.7. The number of nitrogens with one attached hydrogen (secondary N) is 2. The van der Waals surface area contributed by atoms with Crippen LogP contribution in [0.3, 0.4) is 0 Å². The Labute approximate surface area is 174 Å². The quantitative estimate of drug-likeness (QED) is 0.610. The van der Waals surface area contributed by atoms with Crippen molar-refractivity contribution in [1.82, 2.24) is 10.3 Å². The molecule has 1 aliphatic rings. The van der Waals surface area contributed by atoms with Crippen LogP contribution in [-0.2, 0) is 11.2 Å². The van der Waals surface area contributed by atoms with Gasteiger partial charge in [0.1, 0.15) is 0 Å². The van der Waals surface area contributed by atoms with Crippen molar-refractivity contribution in [3.05, 3.63) is 70.0 Å². The Morgan fingerprint density at radius 2 is 1.79 bits per heavy atom. The molecule has 1 saturated carbocycles. The first kappa shape index (κ1) is 19.3. The third-order valence-corrected chi connectivity index (χ3v) is 5.70. The first-order valence-electron chi connectivity index (χ1n) is 9.79. The summed E-state index contributed by atoms with van der Waals surface area (Å²) in [5.41, 5.74) is 4.59. The SMILES string of the molecule is Cc1nc(-c2ccc(CCNC(=O)c3ccc(NC(=O)C4CC4)cc3)cc2)cs1. The zero-order valence-electron chi connectivity index (χ0n) is 16.3. The highest BCUT2D eigenvalue weighted by Crippen LogP contribution is 2.30. The molecule has 0 bridgehead atoms. The predicted octanol–water partition coefficient (Wildman–Crippen LogP) is 4.44. The molecule has 0 spiro atoms. The highest BCUT2D eigenvalue weighted by molar-refractivity contribution is 7.09. The lowest BCUT2D eigenvalue weighted by Crippen LogP contribution is -2.25. The van der Waals surface area contributed by atoms with Crippen LogP contribution in [0.4, 0.5) is 5.69 Å². The molecule has 1 fully saturated rings. The number of benzene rings is 2. The Morgan fingerprint density at radius 1 is 1.07 bits per heavy atom. The number of thiazole rings is 1. The molecule has 0 saturated heterocycles. The molecule has 2 N–H and O–H groups in total. The van der Waals surface area contributed by atoms with Gasteiger partial charge in [-0.2, -0.15) is 0 Å². The highest BCUT2D eigenvalue weighted by atomic mass is 32.1. The van der Waals surface area contributed by atoms with E-state index in [0.717, 1.165) is 41.2 Å². The molecule has 0 atom stereocenters. The van der Waals surface area contributed by atoms with E-state index in [4.69, 9.17) is 0 Å². The third-order valence-electron chi connectivity index (χ3n) is 4.93. The molecule has 5 nitrogen and oxygen atoms in total. The van der Waals surface area contributed by atoms with Crippen molar-refractivity contribution in [2.45, 2.75) is 26.2 Å². The van der Waals surface area contributed by atoms with Gasteiger partial charge in [0.2, 0.25) is 5.91 Å². The summed E-state index contributed by atoms with van der Waals surface area (Å²) in [6, 6.07) is 15.3. The van der Waals surface area contributed by atoms with Gasteiger partial charge in [0.05, 0.1) is 10.7 Å². The number of hydrogen-bond donors (Lipinski definition) is 2. The normalized spacial score (nSPS) is 13.1. The molecule has 148 valence electrons. The van der Waals surface area contributed by atoms with Crippen LogP contribution in [0.15, 0.2) is 53.9 Å². The summed E-state index contributed by atoms with van der Waals surface area (Å²) < 4.78 is 0. The van der Waals surface area contributed by atoms with Crippen LogP contribution in [0.1, 0.15) is 33.8 Å². The van der Waals surface area contributed by atoms with E-state index >= 15 is 0 Å². The zero-order chi connectivity index (χ0) is 20.2. The van der Waals surface area contributed by atoms with E-state index in [1.807, 2.05) is 6.92 Å². The van der Waals surface area contributed by atoms with E-state index < -0.39 is 0 Å². The van der Waals surface area contributed by atoms with Crippen LogP contribution in [0.25, 0.3) is 11.3 Å². The molecule has 0 aliphatic heterocycles. The second kappa shape index (κ2) is 8.57. The summed E-state index contributed by atoms with van der Waals surface area (Å²) in [7, 11) is 0. The minimum Gasteiger partial charge on any atom is -0.352 e. The van der Waals surface area contributed by atoms with E-state index in [0.29, 0.717) is 12.1 Å². The molecular weight excluding hydrogens is 382 g/mol. The van der Waals surface area contributed by atoms with E-state index in [2.05, 4.69) is 45.3 Å². The van der Waals surface area contributed by atoms with Gasteiger partial charge in [-0.3, -0.25) is 9.59 Å². The van der Waals surface area contributed by atoms with E-state index in [1.165, 1.54) is 5.56 Å². The maximum Gasteiger partial charge on any atom is 0.251 e. The number of amides is 2. The number of aromatic nitrogens is 1. The van der Waals surface area contributed by atoms with Gasteiger partial charge < -0.3 is 10.6 Å². The van der Waals surface area contributed by atoms with Gasteiger partial charge in [0, 0.05) is 34.7 Å². The van der Waals surface area contributed by atoms with Crippen molar-refractivity contribution >= 4 is 28.8 Å². The molecule has 1 heterocycles. The fourth-order valence-corrected chi connectivity index (χ4v) is 3.68. The summed E-state index contributed by atoms with van der Waals surface area (Å²) in [5, 5.41) is 8.95. The maximum absolute atomic E-state index is 12.3. The molecule has 2 aromatic carbocycles. The second-order valence-electron chi connectivity index (χ2n) is 7.30. The Bertz CT molecular complexity index is 1010. The zero-order valence-corrected chi connectivity index (χ0v) is 17.1. The molecule has 29 heavy (non-hydrogen) atoms. The molecule has 2 amide bonds. The summed E-state index contributed by atoms with van der Waals surface area (Å²) in [4.78, 5) is 28.6. The Hall–Kier alpha value is -2.99. The van der Waals surface area contributed by atoms with Crippen LogP contribution >= 0.6 is 11.3 Å². The summed E-state index contributed by atoms with van der Waals surface area (Å²) in [6.45, 7) is 2.57. The highest BCUT2D eigenvalue weighted by Gasteiger charge is 2.29. The van der Waals surface area contributed by atoms with E-state index in [1.54, 1.807) is 35.6 Å². The maximum atomic E-state index is 12.3. The second-order valence-corrected chi connectivity index (χ2v) is 8.36. The smallest absolute Gasteiger partial charge is 0.251 e. The average Bonchev–Trinajstić information content (AvgIpc) is 3.50. The van der Waals surface area contributed by atoms with Crippen molar-refractivity contribution in [3.8, 4) is 11.3 Å². The molecule has 1 aromatic heterocycles. The van der Waals surface area contributed by atoms with Crippen molar-refractivity contribution in [3.63, 3.8) is 0 Å². The monoisotopic (exact) mass is 405 g/mol. The van der Waals surface area contributed by atoms with Gasteiger partial charge in [-0.1, -0.05) is 24.3 Å². The Morgan fingerprint density at radius 3 is 2.41 bits per heavy atom. The minimum absolute atomic E-state index is 0.0677. The summed E-state index contributed by atoms with van der Waals surface area (Å²) in [5.74, 6) is 0.121. The summed E-state index contributed by atoms with van der Waals surface area (Å²) >= 11 is 1.65. The van der Waals surface area contributed by atoms with Gasteiger partial charge in [-0.25, -0.2) is 4.98 Å². The average molecular weight is 406 g/mol. The number of anilines is 1. The minimum atomic E-state index is -0.111. The number of rotatable bonds is 7. The van der Waals surface area contributed by atoms with Gasteiger partial charge in [-0.05, 0) is 56.0 Å². The van der Waals surface area contributed by atoms with Crippen molar-refractivity contribution in [2.75, 3.05) is 11.9 Å². The van der Waals surface area contributed by atoms with Gasteiger partial charge in [-0.15, -0.1) is 11.3 Å².